The highest BCUT2D eigenvalue weighted by atomic mass is 32.2. The maximum absolute atomic E-state index is 14.7. The smallest absolute Gasteiger partial charge is 0.246 e. The summed E-state index contributed by atoms with van der Waals surface area (Å²) >= 11 is 1.54. The second-order valence-electron chi connectivity index (χ2n) is 22.7. The van der Waals surface area contributed by atoms with Crippen LogP contribution in [0.4, 0.5) is 0 Å². The van der Waals surface area contributed by atoms with Gasteiger partial charge in [0.2, 0.25) is 19.9 Å². The van der Waals surface area contributed by atoms with Crippen molar-refractivity contribution in [1.82, 2.24) is 10.6 Å². The summed E-state index contributed by atoms with van der Waals surface area (Å²) in [5.74, 6) is 1.60. The van der Waals surface area contributed by atoms with Crippen molar-refractivity contribution in [2.75, 3.05) is 51.9 Å². The Kier molecular flexibility index (Phi) is 25.0. The van der Waals surface area contributed by atoms with Crippen LogP contribution >= 0.6 is 11.8 Å². The quantitative estimate of drug-likeness (QED) is 0.0128. The zero-order chi connectivity index (χ0) is 55.8. The van der Waals surface area contributed by atoms with Crippen LogP contribution in [0.1, 0.15) is 107 Å². The van der Waals surface area contributed by atoms with Gasteiger partial charge in [-0.3, -0.25) is 19.2 Å². The highest BCUT2D eigenvalue weighted by molar-refractivity contribution is 8.00. The van der Waals surface area contributed by atoms with Gasteiger partial charge < -0.3 is 29.6 Å². The fourth-order valence-electron chi connectivity index (χ4n) is 8.97. The number of hydrogen-bond donors (Lipinski definition) is 2. The number of carbonyl (C=O) groups excluding carboxylic acids is 4. The lowest BCUT2D eigenvalue weighted by atomic mass is 9.78. The molecule has 0 aromatic heterocycles. The van der Waals surface area contributed by atoms with Gasteiger partial charge in [-0.15, -0.1) is 5.54 Å². The fraction of sp³-hybridized carbons (Fsp3) is 0.508. The number of azide groups is 1. The summed E-state index contributed by atoms with van der Waals surface area (Å²) in [5, 5.41) is 12.1. The Morgan fingerprint density at radius 1 is 0.697 bits per heavy atom. The highest BCUT2D eigenvalue weighted by Crippen LogP contribution is 2.35. The zero-order valence-corrected chi connectivity index (χ0v) is 48.7. The van der Waals surface area contributed by atoms with Gasteiger partial charge >= 0.3 is 0 Å². The lowest BCUT2D eigenvalue weighted by Gasteiger charge is -2.39. The van der Waals surface area contributed by atoms with Gasteiger partial charge in [0.25, 0.3) is 0 Å². The van der Waals surface area contributed by atoms with Crippen molar-refractivity contribution in [3.8, 4) is 17.2 Å². The van der Waals surface area contributed by atoms with E-state index in [4.69, 9.17) is 24.5 Å². The van der Waals surface area contributed by atoms with E-state index in [-0.39, 0.29) is 85.2 Å². The first-order valence-corrected chi connectivity index (χ1v) is 29.4. The summed E-state index contributed by atoms with van der Waals surface area (Å²) in [6, 6.07) is 37.3. The number of rotatable bonds is 30. The minimum absolute atomic E-state index is 0.0711. The second kappa shape index (κ2) is 30.3. The summed E-state index contributed by atoms with van der Waals surface area (Å²) < 4.78 is 23.2. The van der Waals surface area contributed by atoms with Gasteiger partial charge in [-0.05, 0) is 98.1 Å². The molecule has 0 unspecified atom stereocenters. The normalized spacial score (nSPS) is 13.2. The van der Waals surface area contributed by atoms with Crippen molar-refractivity contribution in [2.45, 2.75) is 135 Å². The fourth-order valence-corrected chi connectivity index (χ4v) is 14.4. The first-order chi connectivity index (χ1) is 35.9. The number of thioether (sulfide) groups is 1. The molecule has 76 heavy (non-hydrogen) atoms. The van der Waals surface area contributed by atoms with Crippen LogP contribution < -0.4 is 25.7 Å². The number of ketones is 2. The van der Waals surface area contributed by atoms with Crippen molar-refractivity contribution in [3.05, 3.63) is 137 Å². The lowest BCUT2D eigenvalue weighted by molar-refractivity contribution is -0.134. The molecule has 2 amide bonds. The molecule has 3 atom stereocenters. The highest BCUT2D eigenvalue weighted by Gasteiger charge is 2.47. The average Bonchev–Trinajstić information content (AvgIpc) is 3.36. The molecule has 4 aromatic carbocycles. The number of Topliss-reactive ketones (excluding diaryl/α,β-unsaturated/α-hetero) is 2. The molecule has 0 saturated carbocycles. The van der Waals surface area contributed by atoms with Crippen LogP contribution in [0.3, 0.4) is 0 Å². The Balaban J connectivity index is 1.40. The molecule has 4 aromatic rings. The van der Waals surface area contributed by atoms with E-state index in [0.29, 0.717) is 31.8 Å². The molecule has 0 saturated heterocycles. The molecule has 2 N–H and O–H groups in total. The predicted molar refractivity (Wildman–Crippen MR) is 310 cm³/mol. The Morgan fingerprint density at radius 3 is 1.80 bits per heavy atom. The first kappa shape index (κ1) is 62.8. The van der Waals surface area contributed by atoms with Gasteiger partial charge in [-0.25, -0.2) is 0 Å². The summed E-state index contributed by atoms with van der Waals surface area (Å²) in [4.78, 5) is 59.4. The van der Waals surface area contributed by atoms with E-state index in [0.717, 1.165) is 11.1 Å². The van der Waals surface area contributed by atoms with Crippen molar-refractivity contribution in [3.63, 3.8) is 0 Å². The van der Waals surface area contributed by atoms with Crippen LogP contribution in [-0.2, 0) is 46.2 Å². The molecule has 4 rings (SSSR count). The maximum Gasteiger partial charge on any atom is 0.246 e. The topological polar surface area (TPSA) is 178 Å². The van der Waals surface area contributed by atoms with Crippen LogP contribution in [0.25, 0.3) is 10.4 Å². The number of carbonyl (C=O) groups is 4. The van der Waals surface area contributed by atoms with Crippen molar-refractivity contribution >= 4 is 53.6 Å². The monoisotopic (exact) mass is 1070 g/mol. The van der Waals surface area contributed by atoms with Gasteiger partial charge in [0.1, 0.15) is 30.3 Å². The number of nitrogens with zero attached hydrogens (tertiary/aromatic N) is 3. The van der Waals surface area contributed by atoms with Crippen LogP contribution in [0.5, 0.6) is 5.75 Å². The summed E-state index contributed by atoms with van der Waals surface area (Å²) in [7, 11) is -2.52. The number of amides is 2. The van der Waals surface area contributed by atoms with Crippen LogP contribution in [0.2, 0.25) is 5.04 Å². The van der Waals surface area contributed by atoms with E-state index < -0.39 is 43.0 Å². The number of ether oxygens (including phenoxy) is 4. The molecule has 0 bridgehead atoms. The van der Waals surface area contributed by atoms with Gasteiger partial charge in [0, 0.05) is 52.2 Å². The summed E-state index contributed by atoms with van der Waals surface area (Å²) in [6.07, 6.45) is 0.948. The third-order valence-corrected chi connectivity index (χ3v) is 19.3. The van der Waals surface area contributed by atoms with Crippen LogP contribution in [-0.4, -0.2) is 105 Å². The largest absolute Gasteiger partial charge is 0.488 e. The molecule has 0 aliphatic heterocycles. The Morgan fingerprint density at radius 2 is 1.25 bits per heavy atom. The summed E-state index contributed by atoms with van der Waals surface area (Å²) in [5.41, 5.74) is 12.8. The molecule has 0 aliphatic carbocycles. The molecule has 15 heteroatoms. The molecular weight excluding hydrogens is 991 g/mol. The molecule has 0 radical (unpaired) electrons. The third-order valence-electron chi connectivity index (χ3n) is 12.8. The van der Waals surface area contributed by atoms with E-state index in [1.54, 1.807) is 0 Å². The van der Waals surface area contributed by atoms with Gasteiger partial charge in [0.15, 0.2) is 5.78 Å². The van der Waals surface area contributed by atoms with Gasteiger partial charge in [-0.2, -0.15) is 11.8 Å². The van der Waals surface area contributed by atoms with E-state index in [1.165, 1.54) is 22.1 Å². The van der Waals surface area contributed by atoms with E-state index >= 15 is 0 Å². The molecule has 0 fully saturated rings. The zero-order valence-electron chi connectivity index (χ0n) is 46.9. The average molecular weight is 1070 g/mol. The van der Waals surface area contributed by atoms with E-state index in [9.17, 15) is 19.2 Å². The van der Waals surface area contributed by atoms with Crippen molar-refractivity contribution in [1.29, 1.82) is 0 Å². The van der Waals surface area contributed by atoms with Gasteiger partial charge in [0.05, 0.1) is 32.5 Å². The third kappa shape index (κ3) is 21.4. The standard InChI is InChI=1S/C61H83N5O8SSi/c1-58(2,3)74-49-32-30-47(31-33-49)41-48(57(70)65-61(10,11)52(42-46-23-15-12-16-24-46)54(67)29-21-34-63-66-62)43-55(68)53(45-75-59(4,5)6)64-56(69)44-73-39-38-72-37-36-71-35-22-40-76(60(7,8)9,50-25-17-13-18-26-50)51-27-19-14-20-28-51/h12-20,23-28,30-33,48,52-53H,21,29,34-39,41-45H2,1-11H3,(H,64,69)(H,65,70)/t48-,52+,53+/m1/s1. The van der Waals surface area contributed by atoms with E-state index in [1.807, 2.05) is 122 Å². The molecule has 0 spiro atoms. The van der Waals surface area contributed by atoms with E-state index in [2.05, 4.69) is 101 Å². The molecule has 410 valence electrons. The SMILES string of the molecule is CC(C)(C)Oc1ccc(C[C@H](CC(=O)[C@H](CSC(C)(C)C)NC(=O)COCCOCCOCC#C[Si](c2ccccc2)(c2ccccc2)C(C)(C)C)C(=O)NC(C)(C)[C@@H](Cc2ccccc2)C(=O)CCCN=[N+]=[N-])cc1. The molecule has 0 aliphatic rings. The number of hydrogen-bond acceptors (Lipinski definition) is 10. The van der Waals surface area contributed by atoms with Gasteiger partial charge in [-0.1, -0.05) is 156 Å². The first-order valence-electron chi connectivity index (χ1n) is 26.4. The second-order valence-corrected chi connectivity index (χ2v) is 29.0. The molecule has 0 heterocycles. The lowest BCUT2D eigenvalue weighted by Crippen LogP contribution is -2.63. The Hall–Kier alpha value is -5.72. The van der Waals surface area contributed by atoms with Crippen molar-refractivity contribution in [2.24, 2.45) is 17.0 Å². The predicted octanol–water partition coefficient (Wildman–Crippen LogP) is 10.1. The van der Waals surface area contributed by atoms with Crippen LogP contribution in [0, 0.1) is 23.3 Å². The number of nitrogens with one attached hydrogen (secondary N) is 2. The van der Waals surface area contributed by atoms with Crippen molar-refractivity contribution < 1.29 is 38.1 Å². The number of benzene rings is 4. The molecule has 13 nitrogen and oxygen atoms in total. The minimum atomic E-state index is -2.52. The maximum atomic E-state index is 14.7. The minimum Gasteiger partial charge on any atom is -0.488 e. The molecular formula is C61H83N5O8SSi. The Labute approximate surface area is 458 Å². The van der Waals surface area contributed by atoms with Crippen LogP contribution in [0.15, 0.2) is 120 Å². The summed E-state index contributed by atoms with van der Waals surface area (Å²) in [6.45, 7) is 23.7. The Bertz CT molecular complexity index is 2510.